The smallest absolute Gasteiger partial charge is 0.225 e. The highest BCUT2D eigenvalue weighted by Gasteiger charge is 2.15. The fraction of sp³-hybridized carbons (Fsp3) is 0.250. The lowest BCUT2D eigenvalue weighted by Crippen LogP contribution is -2.07. The number of halogens is 1. The minimum Gasteiger partial charge on any atom is -0.369 e. The molecule has 106 valence electrons. The fourth-order valence-electron chi connectivity index (χ4n) is 2.58. The van der Waals surface area contributed by atoms with Crippen molar-refractivity contribution in [2.45, 2.75) is 19.8 Å². The Hall–Kier alpha value is -1.65. The lowest BCUT2D eigenvalue weighted by molar-refractivity contribution is 1.01. The zero-order valence-corrected chi connectivity index (χ0v) is 13.2. The molecule has 2 heterocycles. The molecule has 5 heteroatoms. The third kappa shape index (κ3) is 2.61. The number of fused-ring (bicyclic) bond motifs is 2. The summed E-state index contributed by atoms with van der Waals surface area (Å²) in [6, 6.07) is 8.85. The first-order chi connectivity index (χ1) is 10.2. The predicted octanol–water partition coefficient (Wildman–Crippen LogP) is 4.21. The van der Waals surface area contributed by atoms with Crippen LogP contribution in [0.2, 0.25) is 5.28 Å². The zero-order chi connectivity index (χ0) is 14.4. The summed E-state index contributed by atoms with van der Waals surface area (Å²) in [5.74, 6) is 0.834. The van der Waals surface area contributed by atoms with Crippen LogP contribution < -0.4 is 5.32 Å². The topological polar surface area (TPSA) is 37.8 Å². The van der Waals surface area contributed by atoms with Gasteiger partial charge in [-0.2, -0.15) is 0 Å². The third-order valence-electron chi connectivity index (χ3n) is 3.72. The number of hydrogen-bond donors (Lipinski definition) is 1. The zero-order valence-electron chi connectivity index (χ0n) is 11.6. The van der Waals surface area contributed by atoms with Crippen LogP contribution in [0.3, 0.4) is 0 Å². The lowest BCUT2D eigenvalue weighted by atomic mass is 10.1. The van der Waals surface area contributed by atoms with Crippen LogP contribution >= 0.6 is 22.9 Å². The molecule has 0 spiro atoms. The van der Waals surface area contributed by atoms with Crippen LogP contribution in [0.4, 0.5) is 5.82 Å². The van der Waals surface area contributed by atoms with Crippen molar-refractivity contribution in [3.8, 4) is 0 Å². The van der Waals surface area contributed by atoms with E-state index in [2.05, 4.69) is 46.5 Å². The predicted molar refractivity (Wildman–Crippen MR) is 88.6 cm³/mol. The first-order valence-corrected chi connectivity index (χ1v) is 8.17. The van der Waals surface area contributed by atoms with Crippen molar-refractivity contribution in [1.82, 2.24) is 9.97 Å². The number of rotatable bonds is 4. The molecule has 4 rings (SSSR count). The summed E-state index contributed by atoms with van der Waals surface area (Å²) in [5, 5.41) is 4.76. The van der Waals surface area contributed by atoms with Gasteiger partial charge in [-0.05, 0) is 54.1 Å². The Morgan fingerprint density at radius 3 is 3.00 bits per heavy atom. The van der Waals surface area contributed by atoms with E-state index in [0.29, 0.717) is 5.28 Å². The number of aryl methyl sites for hydroxylation is 1. The summed E-state index contributed by atoms with van der Waals surface area (Å²) in [6.45, 7) is 2.92. The molecule has 0 unspecified atom stereocenters. The normalized spacial score (nSPS) is 12.5. The molecule has 0 saturated heterocycles. The Morgan fingerprint density at radius 2 is 2.14 bits per heavy atom. The van der Waals surface area contributed by atoms with Gasteiger partial charge in [0.15, 0.2) is 0 Å². The number of nitrogens with zero attached hydrogens (tertiary/aromatic N) is 2. The maximum absolute atomic E-state index is 6.00. The summed E-state index contributed by atoms with van der Waals surface area (Å²) in [4.78, 5) is 10.8. The maximum Gasteiger partial charge on any atom is 0.225 e. The molecule has 0 amide bonds. The van der Waals surface area contributed by atoms with Crippen LogP contribution in [0.5, 0.6) is 0 Å². The molecule has 3 aromatic rings. The van der Waals surface area contributed by atoms with Gasteiger partial charge in [-0.1, -0.05) is 18.2 Å². The Labute approximate surface area is 132 Å². The van der Waals surface area contributed by atoms with Crippen LogP contribution in [0, 0.1) is 6.92 Å². The standard InChI is InChI=1S/C16H14ClN3S/c1-9-6-13-14(19-16(17)20-15(13)21-9)18-5-4-10-2-3-11-8-12(11)7-10/h2-3,6-7H,4-5,8H2,1H3,(H,18,19,20). The van der Waals surface area contributed by atoms with Gasteiger partial charge in [-0.25, -0.2) is 9.97 Å². The molecular weight excluding hydrogens is 302 g/mol. The molecule has 21 heavy (non-hydrogen) atoms. The summed E-state index contributed by atoms with van der Waals surface area (Å²) >= 11 is 7.64. The molecule has 1 N–H and O–H groups in total. The van der Waals surface area contributed by atoms with Crippen molar-refractivity contribution in [3.05, 3.63) is 51.1 Å². The molecule has 0 bridgehead atoms. The Kier molecular flexibility index (Phi) is 3.08. The number of benzene rings is 1. The van der Waals surface area contributed by atoms with Crippen molar-refractivity contribution in [2.75, 3.05) is 11.9 Å². The third-order valence-corrected chi connectivity index (χ3v) is 4.83. The van der Waals surface area contributed by atoms with E-state index >= 15 is 0 Å². The van der Waals surface area contributed by atoms with Crippen LogP contribution in [0.15, 0.2) is 24.3 Å². The molecule has 2 aromatic heterocycles. The van der Waals surface area contributed by atoms with Gasteiger partial charge < -0.3 is 5.32 Å². The first kappa shape index (κ1) is 13.0. The van der Waals surface area contributed by atoms with Gasteiger partial charge >= 0.3 is 0 Å². The van der Waals surface area contributed by atoms with Gasteiger partial charge in [0.05, 0.1) is 5.39 Å². The monoisotopic (exact) mass is 315 g/mol. The van der Waals surface area contributed by atoms with Crippen molar-refractivity contribution < 1.29 is 0 Å². The van der Waals surface area contributed by atoms with Gasteiger partial charge in [0.2, 0.25) is 5.28 Å². The highest BCUT2D eigenvalue weighted by molar-refractivity contribution is 7.18. The summed E-state index contributed by atoms with van der Waals surface area (Å²) in [6.07, 6.45) is 2.16. The van der Waals surface area contributed by atoms with Gasteiger partial charge in [0.25, 0.3) is 0 Å². The van der Waals surface area contributed by atoms with E-state index in [9.17, 15) is 0 Å². The number of aromatic nitrogens is 2. The molecule has 1 aromatic carbocycles. The molecule has 0 fully saturated rings. The number of thiophene rings is 1. The Bertz CT molecular complexity index is 841. The minimum absolute atomic E-state index is 0.302. The summed E-state index contributed by atoms with van der Waals surface area (Å²) in [5.41, 5.74) is 4.36. The molecule has 1 aliphatic rings. The van der Waals surface area contributed by atoms with E-state index in [1.54, 1.807) is 11.3 Å². The largest absolute Gasteiger partial charge is 0.369 e. The maximum atomic E-state index is 6.00. The number of anilines is 1. The van der Waals surface area contributed by atoms with E-state index in [1.807, 2.05) is 0 Å². The molecule has 0 aliphatic heterocycles. The van der Waals surface area contributed by atoms with Gasteiger partial charge in [-0.3, -0.25) is 0 Å². The van der Waals surface area contributed by atoms with Gasteiger partial charge in [0.1, 0.15) is 10.6 Å². The van der Waals surface area contributed by atoms with E-state index in [1.165, 1.54) is 28.0 Å². The Balaban J connectivity index is 1.51. The SMILES string of the molecule is Cc1cc2c(NCCc3ccc4c(c3)C4)nc(Cl)nc2s1. The van der Waals surface area contributed by atoms with E-state index in [4.69, 9.17) is 11.6 Å². The molecule has 0 radical (unpaired) electrons. The number of nitrogens with one attached hydrogen (secondary N) is 1. The van der Waals surface area contributed by atoms with Crippen LogP contribution in [-0.4, -0.2) is 16.5 Å². The summed E-state index contributed by atoms with van der Waals surface area (Å²) < 4.78 is 0. The average molecular weight is 316 g/mol. The summed E-state index contributed by atoms with van der Waals surface area (Å²) in [7, 11) is 0. The van der Waals surface area contributed by atoms with Gasteiger partial charge in [-0.15, -0.1) is 11.3 Å². The second-order valence-corrected chi connectivity index (χ2v) is 6.95. The second kappa shape index (κ2) is 4.97. The highest BCUT2D eigenvalue weighted by atomic mass is 35.5. The van der Waals surface area contributed by atoms with Gasteiger partial charge in [0, 0.05) is 11.4 Å². The van der Waals surface area contributed by atoms with Crippen LogP contribution in [0.25, 0.3) is 10.2 Å². The highest BCUT2D eigenvalue weighted by Crippen LogP contribution is 2.30. The van der Waals surface area contributed by atoms with E-state index < -0.39 is 0 Å². The van der Waals surface area contributed by atoms with Crippen LogP contribution in [0.1, 0.15) is 21.6 Å². The van der Waals surface area contributed by atoms with Crippen molar-refractivity contribution >= 4 is 39.0 Å². The lowest BCUT2D eigenvalue weighted by Gasteiger charge is -2.07. The molecule has 0 atom stereocenters. The van der Waals surface area contributed by atoms with Crippen molar-refractivity contribution in [3.63, 3.8) is 0 Å². The molecular formula is C16H14ClN3S. The van der Waals surface area contributed by atoms with Crippen molar-refractivity contribution in [2.24, 2.45) is 0 Å². The average Bonchev–Trinajstić information content (AvgIpc) is 3.11. The second-order valence-electron chi connectivity index (χ2n) is 5.37. The number of hydrogen-bond acceptors (Lipinski definition) is 4. The first-order valence-electron chi connectivity index (χ1n) is 6.97. The molecule has 0 saturated carbocycles. The van der Waals surface area contributed by atoms with Crippen molar-refractivity contribution in [1.29, 1.82) is 0 Å². The van der Waals surface area contributed by atoms with E-state index in [-0.39, 0.29) is 0 Å². The minimum atomic E-state index is 0.302. The molecule has 3 nitrogen and oxygen atoms in total. The quantitative estimate of drug-likeness (QED) is 0.573. The van der Waals surface area contributed by atoms with Crippen LogP contribution in [-0.2, 0) is 12.8 Å². The Morgan fingerprint density at radius 1 is 1.24 bits per heavy atom. The van der Waals surface area contributed by atoms with E-state index in [0.717, 1.165) is 29.0 Å². The molecule has 1 aliphatic carbocycles. The fourth-order valence-corrected chi connectivity index (χ4v) is 3.68.